The number of imidazole rings is 1. The van der Waals surface area contributed by atoms with Gasteiger partial charge in [-0.2, -0.15) is 9.29 Å². The van der Waals surface area contributed by atoms with Crippen LogP contribution in [0.4, 0.5) is 5.95 Å². The number of fused-ring (bicyclic) bond motifs is 2. The number of aryl methyl sites for hydroxylation is 2. The number of piperidine rings is 1. The summed E-state index contributed by atoms with van der Waals surface area (Å²) in [6.07, 6.45) is 14.3. The highest BCUT2D eigenvalue weighted by Gasteiger charge is 2.32. The molecule has 0 bridgehead atoms. The number of aromatic nitrogens is 5. The Morgan fingerprint density at radius 2 is 1.49 bits per heavy atom. The van der Waals surface area contributed by atoms with E-state index < -0.39 is 22.0 Å². The molecule has 0 radical (unpaired) electrons. The third kappa shape index (κ3) is 12.5. The second-order valence-corrected chi connectivity index (χ2v) is 20.2. The van der Waals surface area contributed by atoms with Crippen LogP contribution < -0.4 is 16.3 Å². The summed E-state index contributed by atoms with van der Waals surface area (Å²) in [5.74, 6) is -0.106. The highest BCUT2D eigenvalue weighted by atomic mass is 32.2. The fraction of sp³-hybridized carbons (Fsp3) is 0.580. The van der Waals surface area contributed by atoms with Crippen molar-refractivity contribution in [1.82, 2.24) is 38.2 Å². The van der Waals surface area contributed by atoms with E-state index in [4.69, 9.17) is 23.9 Å². The Morgan fingerprint density at radius 3 is 2.19 bits per heavy atom. The molecular formula is C50H69N9O9S. The number of rotatable bonds is 25. The summed E-state index contributed by atoms with van der Waals surface area (Å²) in [6, 6.07) is 12.8. The number of nitrogens with zero attached hydrogens (tertiary/aromatic N) is 7. The van der Waals surface area contributed by atoms with E-state index in [-0.39, 0.29) is 18.0 Å². The topological polar surface area (TPSA) is 193 Å². The van der Waals surface area contributed by atoms with E-state index in [0.29, 0.717) is 108 Å². The molecule has 2 aromatic carbocycles. The molecule has 3 aliphatic rings. The zero-order valence-corrected chi connectivity index (χ0v) is 41.1. The number of unbranched alkanes of at least 4 members (excludes halogenated alkanes) is 1. The molecule has 3 fully saturated rings. The maximum Gasteiger partial charge on any atom is 0.329 e. The number of piperazine rings is 1. The zero-order chi connectivity index (χ0) is 48.2. The minimum absolute atomic E-state index is 0.206. The lowest BCUT2D eigenvalue weighted by Gasteiger charge is -2.33. The highest BCUT2D eigenvalue weighted by Crippen LogP contribution is 2.37. The van der Waals surface area contributed by atoms with E-state index in [9.17, 15) is 22.8 Å². The Labute approximate surface area is 404 Å². The van der Waals surface area contributed by atoms with Crippen LogP contribution in [0.3, 0.4) is 0 Å². The molecule has 3 aromatic heterocycles. The van der Waals surface area contributed by atoms with Gasteiger partial charge in [-0.3, -0.25) is 28.9 Å². The van der Waals surface area contributed by atoms with E-state index in [1.165, 1.54) is 23.8 Å². The number of sulfonamides is 1. The van der Waals surface area contributed by atoms with Crippen LogP contribution in [0.1, 0.15) is 88.8 Å². The second kappa shape index (κ2) is 24.2. The number of anilines is 1. The number of ether oxygens (including phenoxy) is 4. The summed E-state index contributed by atoms with van der Waals surface area (Å²) < 4.78 is 57.3. The van der Waals surface area contributed by atoms with E-state index >= 15 is 0 Å². The average Bonchev–Trinajstić information content (AvgIpc) is 3.86. The number of hydrogen-bond donors (Lipinski definition) is 2. The summed E-state index contributed by atoms with van der Waals surface area (Å²) in [7, 11) is -1.95. The monoisotopic (exact) mass is 971 g/mol. The standard InChI is InChI=1S/C50H69N9O9S/c1-3-4-20-51-49-52-35-41-42(36-58(47(41)54-49)39-10-6-5-7-11-39)38-13-15-40(16-14-38)69(63,64)57-23-21-56(22-24-57)25-27-66-29-31-68-33-32-67-30-28-65-26-8-9-37-12-17-43-45(34-37)55(2)50(62)59(43)44-18-19-46(60)53-48(44)61/h12-17,34-36,39,44H,3-11,18-33H2,1-2H3,(H,51,52,54)(H,53,60,61). The molecule has 1 aliphatic carbocycles. The van der Waals surface area contributed by atoms with Crippen molar-refractivity contribution in [3.05, 3.63) is 70.9 Å². The molecule has 8 rings (SSSR count). The average molecular weight is 972 g/mol. The lowest BCUT2D eigenvalue weighted by molar-refractivity contribution is -0.135. The Morgan fingerprint density at radius 1 is 0.797 bits per heavy atom. The second-order valence-electron chi connectivity index (χ2n) is 18.3. The van der Waals surface area contributed by atoms with E-state index in [2.05, 4.69) is 38.2 Å². The van der Waals surface area contributed by atoms with Crippen LogP contribution in [0.5, 0.6) is 0 Å². The number of carbonyl (C=O) groups excluding carboxylic acids is 2. The number of imide groups is 1. The van der Waals surface area contributed by atoms with Crippen molar-refractivity contribution in [3.63, 3.8) is 0 Å². The summed E-state index contributed by atoms with van der Waals surface area (Å²) in [5, 5.41) is 6.70. The molecule has 2 N–H and O–H groups in total. The van der Waals surface area contributed by atoms with Gasteiger partial charge in [-0.25, -0.2) is 18.2 Å². The van der Waals surface area contributed by atoms with E-state index in [1.807, 2.05) is 36.5 Å². The Balaban J connectivity index is 0.671. The van der Waals surface area contributed by atoms with Gasteiger partial charge in [-0.15, -0.1) is 0 Å². The first-order valence-electron chi connectivity index (χ1n) is 24.9. The van der Waals surface area contributed by atoms with Crippen LogP contribution in [-0.4, -0.2) is 145 Å². The van der Waals surface area contributed by atoms with Crippen molar-refractivity contribution in [2.45, 2.75) is 94.5 Å². The number of hydrogen-bond acceptors (Lipinski definition) is 13. The predicted octanol–water partition coefficient (Wildman–Crippen LogP) is 5.45. The molecule has 2 amide bonds. The summed E-state index contributed by atoms with van der Waals surface area (Å²) >= 11 is 0. The van der Waals surface area contributed by atoms with E-state index in [1.54, 1.807) is 28.1 Å². The van der Waals surface area contributed by atoms with E-state index in [0.717, 1.165) is 84.9 Å². The summed E-state index contributed by atoms with van der Waals surface area (Å²) in [5.41, 5.74) is 5.11. The van der Waals surface area contributed by atoms with Gasteiger partial charge in [-0.05, 0) is 73.9 Å². The van der Waals surface area contributed by atoms with Gasteiger partial charge in [0.1, 0.15) is 11.7 Å². The van der Waals surface area contributed by atoms with Gasteiger partial charge in [0.25, 0.3) is 0 Å². The molecule has 0 spiro atoms. The van der Waals surface area contributed by atoms with Crippen molar-refractivity contribution in [2.24, 2.45) is 7.05 Å². The Bertz CT molecular complexity index is 2670. The molecular weight excluding hydrogens is 903 g/mol. The third-order valence-corrected chi connectivity index (χ3v) is 15.5. The molecule has 1 unspecified atom stereocenters. The molecule has 18 nitrogen and oxygen atoms in total. The Kier molecular flexibility index (Phi) is 17.7. The molecule has 5 heterocycles. The smallest absolute Gasteiger partial charge is 0.329 e. The first-order valence-corrected chi connectivity index (χ1v) is 26.3. The highest BCUT2D eigenvalue weighted by molar-refractivity contribution is 7.89. The molecule has 2 saturated heterocycles. The maximum absolute atomic E-state index is 13.7. The van der Waals surface area contributed by atoms with Crippen LogP contribution in [0.2, 0.25) is 0 Å². The van der Waals surface area contributed by atoms with Crippen molar-refractivity contribution >= 4 is 49.9 Å². The van der Waals surface area contributed by atoms with Crippen molar-refractivity contribution in [3.8, 4) is 11.1 Å². The first kappa shape index (κ1) is 50.4. The quantitative estimate of drug-likeness (QED) is 0.0555. The molecule has 374 valence electrons. The van der Waals surface area contributed by atoms with Gasteiger partial charge < -0.3 is 28.8 Å². The summed E-state index contributed by atoms with van der Waals surface area (Å²) in [4.78, 5) is 49.2. The predicted molar refractivity (Wildman–Crippen MR) is 264 cm³/mol. The van der Waals surface area contributed by atoms with Crippen LogP contribution in [-0.2, 0) is 52.0 Å². The van der Waals surface area contributed by atoms with Crippen molar-refractivity contribution in [2.75, 3.05) is 97.4 Å². The number of benzene rings is 2. The van der Waals surface area contributed by atoms with Gasteiger partial charge in [0.05, 0.1) is 62.2 Å². The normalized spacial score (nSPS) is 17.9. The molecule has 5 aromatic rings. The number of carbonyl (C=O) groups is 2. The summed E-state index contributed by atoms with van der Waals surface area (Å²) in [6.45, 7) is 9.72. The van der Waals surface area contributed by atoms with Gasteiger partial charge in [0, 0.05) is 88.7 Å². The SMILES string of the molecule is CCCCNc1ncc2c(-c3ccc(S(=O)(=O)N4CCN(CCOCCOCCOCCOCCCc5ccc6c(c5)n(C)c(=O)n6C5CCC(=O)NC5=O)CC4)cc3)cn(C3CCCCC3)c2n1. The minimum atomic E-state index is -3.65. The first-order chi connectivity index (χ1) is 33.6. The fourth-order valence-corrected chi connectivity index (χ4v) is 11.1. The largest absolute Gasteiger partial charge is 0.379 e. The fourth-order valence-electron chi connectivity index (χ4n) is 9.64. The minimum Gasteiger partial charge on any atom is -0.379 e. The maximum atomic E-state index is 13.7. The number of nitrogens with one attached hydrogen (secondary N) is 2. The molecule has 1 atom stereocenters. The molecule has 2 aliphatic heterocycles. The van der Waals surface area contributed by atoms with Crippen LogP contribution in [0.25, 0.3) is 33.2 Å². The van der Waals surface area contributed by atoms with Gasteiger partial charge in [0.15, 0.2) is 0 Å². The molecule has 1 saturated carbocycles. The Hall–Kier alpha value is -5.02. The van der Waals surface area contributed by atoms with Gasteiger partial charge in [0.2, 0.25) is 27.8 Å². The van der Waals surface area contributed by atoms with Crippen LogP contribution in [0.15, 0.2) is 64.5 Å². The molecule has 19 heteroatoms. The van der Waals surface area contributed by atoms with Crippen LogP contribution >= 0.6 is 0 Å². The zero-order valence-electron chi connectivity index (χ0n) is 40.2. The van der Waals surface area contributed by atoms with Crippen LogP contribution in [0, 0.1) is 0 Å². The lowest BCUT2D eigenvalue weighted by Crippen LogP contribution is -2.49. The number of amides is 2. The van der Waals surface area contributed by atoms with Gasteiger partial charge >= 0.3 is 5.69 Å². The lowest BCUT2D eigenvalue weighted by atomic mass is 9.95. The molecule has 69 heavy (non-hydrogen) atoms. The van der Waals surface area contributed by atoms with Crippen molar-refractivity contribution in [1.29, 1.82) is 0 Å². The van der Waals surface area contributed by atoms with Gasteiger partial charge in [-0.1, -0.05) is 50.8 Å². The third-order valence-electron chi connectivity index (χ3n) is 13.6. The van der Waals surface area contributed by atoms with Crippen molar-refractivity contribution < 1.29 is 37.0 Å².